The molecule has 0 fully saturated rings. The van der Waals surface area contributed by atoms with Crippen molar-refractivity contribution >= 4 is 11.3 Å². The molecule has 0 aliphatic rings. The second kappa shape index (κ2) is 6.68. The Morgan fingerprint density at radius 2 is 2.26 bits per heavy atom. The zero-order chi connectivity index (χ0) is 13.7. The summed E-state index contributed by atoms with van der Waals surface area (Å²) in [6.07, 6.45) is 3.03. The van der Waals surface area contributed by atoms with Crippen LogP contribution in [0.25, 0.3) is 0 Å². The molecule has 3 nitrogen and oxygen atoms in total. The molecule has 0 saturated carbocycles. The first-order valence-corrected chi connectivity index (χ1v) is 7.40. The summed E-state index contributed by atoms with van der Waals surface area (Å²) in [6.45, 7) is 5.25. The fourth-order valence-electron chi connectivity index (χ4n) is 2.10. The maximum absolute atomic E-state index is 5.50. The molecule has 1 atom stereocenters. The number of nitrogens with one attached hydrogen (secondary N) is 1. The van der Waals surface area contributed by atoms with Gasteiger partial charge >= 0.3 is 0 Å². The van der Waals surface area contributed by atoms with Crippen molar-refractivity contribution in [1.82, 2.24) is 10.3 Å². The topological polar surface area (TPSA) is 34.2 Å². The Hall–Kier alpha value is -1.39. The molecular formula is C15H20N2OS. The number of aryl methyl sites for hydroxylation is 1. The molecule has 0 aliphatic heterocycles. The van der Waals surface area contributed by atoms with Crippen LogP contribution in [0.5, 0.6) is 5.75 Å². The van der Waals surface area contributed by atoms with E-state index in [2.05, 4.69) is 36.3 Å². The molecule has 0 spiro atoms. The van der Waals surface area contributed by atoms with E-state index in [4.69, 9.17) is 4.74 Å². The predicted octanol–water partition coefficient (Wildman–Crippen LogP) is 3.55. The van der Waals surface area contributed by atoms with Crippen molar-refractivity contribution in [3.05, 3.63) is 45.9 Å². The molecule has 1 heterocycles. The number of ether oxygens (including phenoxy) is 1. The summed E-state index contributed by atoms with van der Waals surface area (Å²) in [5.74, 6) is 0.924. The van der Waals surface area contributed by atoms with E-state index in [-0.39, 0.29) is 6.04 Å². The second-order valence-electron chi connectivity index (χ2n) is 4.54. The third-order valence-corrected chi connectivity index (χ3v) is 3.87. The maximum Gasteiger partial charge on any atom is 0.124 e. The SMILES string of the molecule is CCCNC(c1cncs1)c1cc(C)ccc1OC. The van der Waals surface area contributed by atoms with Crippen molar-refractivity contribution in [3.63, 3.8) is 0 Å². The van der Waals surface area contributed by atoms with Crippen molar-refractivity contribution in [1.29, 1.82) is 0 Å². The van der Waals surface area contributed by atoms with E-state index in [1.54, 1.807) is 18.4 Å². The van der Waals surface area contributed by atoms with Gasteiger partial charge in [-0.2, -0.15) is 0 Å². The van der Waals surface area contributed by atoms with Crippen molar-refractivity contribution in [2.75, 3.05) is 13.7 Å². The lowest BCUT2D eigenvalue weighted by molar-refractivity contribution is 0.404. The lowest BCUT2D eigenvalue weighted by Crippen LogP contribution is -2.23. The molecular weight excluding hydrogens is 256 g/mol. The second-order valence-corrected chi connectivity index (χ2v) is 5.45. The summed E-state index contributed by atoms with van der Waals surface area (Å²) in [7, 11) is 1.72. The van der Waals surface area contributed by atoms with E-state index in [0.29, 0.717) is 0 Å². The van der Waals surface area contributed by atoms with E-state index in [0.717, 1.165) is 18.7 Å². The van der Waals surface area contributed by atoms with Crippen LogP contribution in [0.1, 0.15) is 35.4 Å². The van der Waals surface area contributed by atoms with Gasteiger partial charge in [-0.25, -0.2) is 0 Å². The zero-order valence-electron chi connectivity index (χ0n) is 11.6. The van der Waals surface area contributed by atoms with Gasteiger partial charge in [0, 0.05) is 16.6 Å². The zero-order valence-corrected chi connectivity index (χ0v) is 12.5. The highest BCUT2D eigenvalue weighted by Crippen LogP contribution is 2.32. The van der Waals surface area contributed by atoms with Crippen LogP contribution in [0.2, 0.25) is 0 Å². The number of methoxy groups -OCH3 is 1. The van der Waals surface area contributed by atoms with E-state index in [1.807, 2.05) is 17.8 Å². The van der Waals surface area contributed by atoms with E-state index in [1.165, 1.54) is 16.0 Å². The van der Waals surface area contributed by atoms with Gasteiger partial charge in [0.2, 0.25) is 0 Å². The predicted molar refractivity (Wildman–Crippen MR) is 80.0 cm³/mol. The highest BCUT2D eigenvalue weighted by atomic mass is 32.1. The quantitative estimate of drug-likeness (QED) is 0.876. The van der Waals surface area contributed by atoms with Gasteiger partial charge < -0.3 is 10.1 Å². The monoisotopic (exact) mass is 276 g/mol. The summed E-state index contributed by atoms with van der Waals surface area (Å²) in [6, 6.07) is 6.45. The minimum Gasteiger partial charge on any atom is -0.496 e. The summed E-state index contributed by atoms with van der Waals surface area (Å²) in [5, 5.41) is 3.58. The third kappa shape index (κ3) is 3.33. The summed E-state index contributed by atoms with van der Waals surface area (Å²) in [4.78, 5) is 5.41. The fourth-order valence-corrected chi connectivity index (χ4v) is 2.81. The molecule has 1 unspecified atom stereocenters. The van der Waals surface area contributed by atoms with Gasteiger partial charge in [0.1, 0.15) is 5.75 Å². The number of benzene rings is 1. The summed E-state index contributed by atoms with van der Waals surface area (Å²) < 4.78 is 5.50. The van der Waals surface area contributed by atoms with Crippen molar-refractivity contribution in [3.8, 4) is 5.75 Å². The first kappa shape index (κ1) is 14.0. The van der Waals surface area contributed by atoms with Crippen molar-refractivity contribution < 1.29 is 4.74 Å². The van der Waals surface area contributed by atoms with Crippen LogP contribution in [-0.4, -0.2) is 18.6 Å². The smallest absolute Gasteiger partial charge is 0.124 e. The average molecular weight is 276 g/mol. The molecule has 4 heteroatoms. The Kier molecular flexibility index (Phi) is 4.93. The Bertz CT molecular complexity index is 511. The standard InChI is InChI=1S/C15H20N2OS/c1-4-7-17-15(14-9-16-10-19-14)12-8-11(2)5-6-13(12)18-3/h5-6,8-10,15,17H,4,7H2,1-3H3. The van der Waals surface area contributed by atoms with Gasteiger partial charge in [-0.05, 0) is 26.0 Å². The van der Waals surface area contributed by atoms with Crippen LogP contribution < -0.4 is 10.1 Å². The largest absolute Gasteiger partial charge is 0.496 e. The number of rotatable bonds is 6. The molecule has 2 aromatic rings. The highest BCUT2D eigenvalue weighted by Gasteiger charge is 2.19. The third-order valence-electron chi connectivity index (χ3n) is 3.03. The van der Waals surface area contributed by atoms with E-state index >= 15 is 0 Å². The first-order valence-electron chi connectivity index (χ1n) is 6.52. The van der Waals surface area contributed by atoms with Crippen molar-refractivity contribution in [2.45, 2.75) is 26.3 Å². The first-order chi connectivity index (χ1) is 9.26. The lowest BCUT2D eigenvalue weighted by atomic mass is 10.0. The molecule has 0 saturated heterocycles. The van der Waals surface area contributed by atoms with Crippen LogP contribution in [0.4, 0.5) is 0 Å². The fraction of sp³-hybridized carbons (Fsp3) is 0.400. The Morgan fingerprint density at radius 3 is 2.89 bits per heavy atom. The lowest BCUT2D eigenvalue weighted by Gasteiger charge is -2.20. The number of hydrogen-bond donors (Lipinski definition) is 1. The van der Waals surface area contributed by atoms with Gasteiger partial charge in [0.05, 0.1) is 18.7 Å². The highest BCUT2D eigenvalue weighted by molar-refractivity contribution is 7.09. The molecule has 0 amide bonds. The van der Waals surface area contributed by atoms with E-state index < -0.39 is 0 Å². The van der Waals surface area contributed by atoms with Gasteiger partial charge in [-0.3, -0.25) is 4.98 Å². The minimum atomic E-state index is 0.155. The maximum atomic E-state index is 5.50. The Labute approximate surface area is 118 Å². The van der Waals surface area contributed by atoms with Crippen LogP contribution in [0, 0.1) is 6.92 Å². The van der Waals surface area contributed by atoms with Crippen molar-refractivity contribution in [2.24, 2.45) is 0 Å². The summed E-state index contributed by atoms with van der Waals surface area (Å²) >= 11 is 1.67. The summed E-state index contributed by atoms with van der Waals surface area (Å²) in [5.41, 5.74) is 4.29. The molecule has 1 N–H and O–H groups in total. The van der Waals surface area contributed by atoms with Crippen LogP contribution in [0.3, 0.4) is 0 Å². The molecule has 0 radical (unpaired) electrons. The van der Waals surface area contributed by atoms with Crippen LogP contribution in [-0.2, 0) is 0 Å². The van der Waals surface area contributed by atoms with Gasteiger partial charge in [0.15, 0.2) is 0 Å². The molecule has 1 aromatic heterocycles. The van der Waals surface area contributed by atoms with E-state index in [9.17, 15) is 0 Å². The molecule has 0 aliphatic carbocycles. The number of hydrogen-bond acceptors (Lipinski definition) is 4. The molecule has 1 aromatic carbocycles. The number of aromatic nitrogens is 1. The Balaban J connectivity index is 2.39. The normalized spacial score (nSPS) is 12.4. The average Bonchev–Trinajstić information content (AvgIpc) is 2.93. The molecule has 19 heavy (non-hydrogen) atoms. The Morgan fingerprint density at radius 1 is 1.42 bits per heavy atom. The molecule has 2 rings (SSSR count). The molecule has 0 bridgehead atoms. The minimum absolute atomic E-state index is 0.155. The van der Waals surface area contributed by atoms with Crippen LogP contribution >= 0.6 is 11.3 Å². The molecule has 102 valence electrons. The van der Waals surface area contributed by atoms with Gasteiger partial charge in [-0.15, -0.1) is 11.3 Å². The number of nitrogens with zero attached hydrogens (tertiary/aromatic N) is 1. The number of thiazole rings is 1. The van der Waals surface area contributed by atoms with Gasteiger partial charge in [-0.1, -0.05) is 24.6 Å². The van der Waals surface area contributed by atoms with Gasteiger partial charge in [0.25, 0.3) is 0 Å². The van der Waals surface area contributed by atoms with Crippen LogP contribution in [0.15, 0.2) is 29.9 Å².